The number of likely N-dealkylation sites (tertiary alicyclic amines) is 1. The molecule has 6 atom stereocenters. The molecule has 4 aliphatic heterocycles. The van der Waals surface area contributed by atoms with E-state index in [4.69, 9.17) is 14.2 Å². The van der Waals surface area contributed by atoms with Gasteiger partial charge in [0.05, 0.1) is 44.3 Å². The van der Waals surface area contributed by atoms with E-state index in [1.807, 2.05) is 62.4 Å². The maximum atomic E-state index is 14.5. The van der Waals surface area contributed by atoms with Crippen molar-refractivity contribution >= 4 is 29.1 Å². The Balaban J connectivity index is 1.41. The molecule has 43 heavy (non-hydrogen) atoms. The SMILES string of the molecule is CCOc1ccc(N2CC=C[C@@H]3O[C@]45C=CCN(c6ccc(OC)cc6)C(=O)C4N([C@@H](CC)CO)C(=O)[C@@H]5[C@@H]3C2=O)cc1. The number of ether oxygens (including phenoxy) is 3. The normalized spacial score (nSPS) is 28.7. The molecule has 0 bridgehead atoms. The molecular weight excluding hydrogens is 550 g/mol. The van der Waals surface area contributed by atoms with Gasteiger partial charge in [-0.05, 0) is 61.9 Å². The summed E-state index contributed by atoms with van der Waals surface area (Å²) in [7, 11) is 1.58. The Labute approximate surface area is 251 Å². The zero-order chi connectivity index (χ0) is 30.3. The number of carbonyl (C=O) groups is 3. The van der Waals surface area contributed by atoms with Crippen LogP contribution in [0.1, 0.15) is 20.3 Å². The molecule has 4 aliphatic rings. The van der Waals surface area contributed by atoms with E-state index >= 15 is 0 Å². The molecule has 10 heteroatoms. The Kier molecular flexibility index (Phi) is 7.74. The molecule has 0 saturated carbocycles. The number of amides is 3. The largest absolute Gasteiger partial charge is 0.497 e. The monoisotopic (exact) mass is 587 g/mol. The molecule has 1 spiro atoms. The zero-order valence-electron chi connectivity index (χ0n) is 24.6. The molecule has 10 nitrogen and oxygen atoms in total. The summed E-state index contributed by atoms with van der Waals surface area (Å²) in [6, 6.07) is 12.8. The lowest BCUT2D eigenvalue weighted by molar-refractivity contribution is -0.144. The molecule has 2 saturated heterocycles. The number of fused-ring (bicyclic) bond motifs is 2. The van der Waals surface area contributed by atoms with Crippen molar-refractivity contribution in [2.24, 2.45) is 11.8 Å². The second-order valence-electron chi connectivity index (χ2n) is 11.2. The summed E-state index contributed by atoms with van der Waals surface area (Å²) in [6.07, 6.45) is 7.10. The average molecular weight is 588 g/mol. The third-order valence-electron chi connectivity index (χ3n) is 9.02. The second kappa shape index (κ2) is 11.5. The van der Waals surface area contributed by atoms with Gasteiger partial charge in [-0.3, -0.25) is 14.4 Å². The third kappa shape index (κ3) is 4.60. The van der Waals surface area contributed by atoms with Gasteiger partial charge in [0.2, 0.25) is 11.8 Å². The van der Waals surface area contributed by atoms with Crippen LogP contribution >= 0.6 is 0 Å². The van der Waals surface area contributed by atoms with E-state index in [2.05, 4.69) is 0 Å². The fourth-order valence-electron chi connectivity index (χ4n) is 7.00. The third-order valence-corrected chi connectivity index (χ3v) is 9.02. The lowest BCUT2D eigenvalue weighted by Gasteiger charge is -2.38. The minimum Gasteiger partial charge on any atom is -0.497 e. The van der Waals surface area contributed by atoms with Crippen molar-refractivity contribution < 1.29 is 33.7 Å². The Morgan fingerprint density at radius 2 is 1.53 bits per heavy atom. The smallest absolute Gasteiger partial charge is 0.253 e. The van der Waals surface area contributed by atoms with Gasteiger partial charge in [-0.15, -0.1) is 0 Å². The van der Waals surface area contributed by atoms with Crippen LogP contribution < -0.4 is 19.3 Å². The van der Waals surface area contributed by atoms with E-state index in [1.165, 1.54) is 4.90 Å². The molecule has 3 amide bonds. The second-order valence-corrected chi connectivity index (χ2v) is 11.2. The van der Waals surface area contributed by atoms with Crippen molar-refractivity contribution in [3.8, 4) is 11.5 Å². The topological polar surface area (TPSA) is 109 Å². The number of rotatable bonds is 8. The number of hydrogen-bond acceptors (Lipinski definition) is 7. The summed E-state index contributed by atoms with van der Waals surface area (Å²) >= 11 is 0. The first-order valence-electron chi connectivity index (χ1n) is 14.8. The van der Waals surface area contributed by atoms with Gasteiger partial charge in [0.25, 0.3) is 5.91 Å². The fraction of sp³-hybridized carbons (Fsp3) is 0.424. The minimum absolute atomic E-state index is 0.246. The maximum absolute atomic E-state index is 14.5. The van der Waals surface area contributed by atoms with Crippen LogP contribution in [0.25, 0.3) is 0 Å². The Morgan fingerprint density at radius 1 is 0.907 bits per heavy atom. The van der Waals surface area contributed by atoms with Crippen LogP contribution in [-0.4, -0.2) is 84.9 Å². The van der Waals surface area contributed by atoms with E-state index in [-0.39, 0.29) is 30.9 Å². The highest BCUT2D eigenvalue weighted by atomic mass is 16.5. The number of aliphatic hydroxyl groups excluding tert-OH is 1. The van der Waals surface area contributed by atoms with Gasteiger partial charge in [0, 0.05) is 24.5 Å². The molecule has 2 aromatic rings. The molecular formula is C33H37N3O7. The molecule has 2 aromatic carbocycles. The zero-order valence-corrected chi connectivity index (χ0v) is 24.6. The Bertz CT molecular complexity index is 1440. The predicted octanol–water partition coefficient (Wildman–Crippen LogP) is 2.95. The first-order valence-corrected chi connectivity index (χ1v) is 14.8. The number of hydrogen-bond donors (Lipinski definition) is 1. The van der Waals surface area contributed by atoms with Gasteiger partial charge >= 0.3 is 0 Å². The van der Waals surface area contributed by atoms with E-state index in [1.54, 1.807) is 41.2 Å². The Hall–Kier alpha value is -4.15. The predicted molar refractivity (Wildman–Crippen MR) is 160 cm³/mol. The summed E-state index contributed by atoms with van der Waals surface area (Å²) in [6.45, 7) is 4.56. The fourth-order valence-corrected chi connectivity index (χ4v) is 7.00. The van der Waals surface area contributed by atoms with Gasteiger partial charge in [0.15, 0.2) is 0 Å². The first kappa shape index (κ1) is 28.9. The van der Waals surface area contributed by atoms with Gasteiger partial charge < -0.3 is 34.0 Å². The molecule has 226 valence electrons. The molecule has 2 fully saturated rings. The number of aliphatic hydroxyl groups is 1. The van der Waals surface area contributed by atoms with Crippen LogP contribution in [0.5, 0.6) is 11.5 Å². The van der Waals surface area contributed by atoms with Crippen molar-refractivity contribution in [1.29, 1.82) is 0 Å². The van der Waals surface area contributed by atoms with Crippen LogP contribution in [0.15, 0.2) is 72.8 Å². The standard InChI is InChI=1S/C33H37N3O7/c1-4-21(20-37)36-29-32(40)35(23-9-13-24(41-3)14-10-23)19-7-17-33(29)28(31(36)39)27-26(43-33)8-6-18-34(30(27)38)22-11-15-25(16-12-22)42-5-2/h6-17,21,26-29,37H,4-5,18-20H2,1-3H3/t21-,26-,27+,28-,29?,33-/m0/s1. The van der Waals surface area contributed by atoms with Crippen LogP contribution in [0.3, 0.4) is 0 Å². The lowest BCUT2D eigenvalue weighted by Crippen LogP contribution is -2.58. The molecule has 0 aliphatic carbocycles. The average Bonchev–Trinajstić information content (AvgIpc) is 3.34. The van der Waals surface area contributed by atoms with Crippen LogP contribution in [0, 0.1) is 11.8 Å². The quantitative estimate of drug-likeness (QED) is 0.473. The van der Waals surface area contributed by atoms with Gasteiger partial charge in [-0.1, -0.05) is 31.2 Å². The molecule has 1 unspecified atom stereocenters. The van der Waals surface area contributed by atoms with Gasteiger partial charge in [-0.25, -0.2) is 0 Å². The van der Waals surface area contributed by atoms with Crippen molar-refractivity contribution in [2.75, 3.05) is 43.2 Å². The van der Waals surface area contributed by atoms with E-state index in [0.29, 0.717) is 42.4 Å². The molecule has 6 rings (SSSR count). The minimum atomic E-state index is -1.38. The summed E-state index contributed by atoms with van der Waals surface area (Å²) < 4.78 is 17.6. The van der Waals surface area contributed by atoms with Crippen LogP contribution in [0.2, 0.25) is 0 Å². The van der Waals surface area contributed by atoms with Crippen molar-refractivity contribution in [3.63, 3.8) is 0 Å². The van der Waals surface area contributed by atoms with Crippen molar-refractivity contribution in [1.82, 2.24) is 4.90 Å². The van der Waals surface area contributed by atoms with E-state index in [9.17, 15) is 19.5 Å². The molecule has 0 radical (unpaired) electrons. The van der Waals surface area contributed by atoms with E-state index < -0.39 is 35.6 Å². The summed E-state index contributed by atoms with van der Waals surface area (Å²) in [5.74, 6) is -1.37. The van der Waals surface area contributed by atoms with Gasteiger partial charge in [0.1, 0.15) is 23.1 Å². The number of nitrogens with zero attached hydrogens (tertiary/aromatic N) is 3. The maximum Gasteiger partial charge on any atom is 0.253 e. The summed E-state index contributed by atoms with van der Waals surface area (Å²) in [5.41, 5.74) is -0.0569. The number of anilines is 2. The number of carbonyl (C=O) groups excluding carboxylic acids is 3. The van der Waals surface area contributed by atoms with Crippen molar-refractivity contribution in [2.45, 2.75) is 44.1 Å². The highest BCUT2D eigenvalue weighted by Gasteiger charge is 2.72. The summed E-state index contributed by atoms with van der Waals surface area (Å²) in [5, 5.41) is 10.3. The number of benzene rings is 2. The molecule has 0 aromatic heterocycles. The highest BCUT2D eigenvalue weighted by molar-refractivity contribution is 6.07. The first-order chi connectivity index (χ1) is 20.9. The molecule has 4 heterocycles. The van der Waals surface area contributed by atoms with Gasteiger partial charge in [-0.2, -0.15) is 0 Å². The lowest BCUT2D eigenvalue weighted by atomic mass is 9.77. The highest BCUT2D eigenvalue weighted by Crippen LogP contribution is 2.54. The van der Waals surface area contributed by atoms with Crippen LogP contribution in [0.4, 0.5) is 11.4 Å². The van der Waals surface area contributed by atoms with Crippen LogP contribution in [-0.2, 0) is 19.1 Å². The molecule has 1 N–H and O–H groups in total. The summed E-state index contributed by atoms with van der Waals surface area (Å²) in [4.78, 5) is 48.1. The van der Waals surface area contributed by atoms with Crippen molar-refractivity contribution in [3.05, 3.63) is 72.8 Å². The Morgan fingerprint density at radius 3 is 2.14 bits per heavy atom. The van der Waals surface area contributed by atoms with E-state index in [0.717, 1.165) is 0 Å². The number of methoxy groups -OCH3 is 1.